The number of halogens is 4. The zero-order valence-corrected chi connectivity index (χ0v) is 9.53. The number of nitrogens with zero attached hydrogens (tertiary/aromatic N) is 2. The van der Waals surface area contributed by atoms with Crippen LogP contribution in [0, 0.1) is 0 Å². The third-order valence-electron chi connectivity index (χ3n) is 2.02. The van der Waals surface area contributed by atoms with Crippen LogP contribution in [0.2, 0.25) is 5.28 Å². The van der Waals surface area contributed by atoms with Gasteiger partial charge in [-0.3, -0.25) is 0 Å². The second kappa shape index (κ2) is 4.81. The van der Waals surface area contributed by atoms with E-state index in [4.69, 9.17) is 11.6 Å². The van der Waals surface area contributed by atoms with E-state index in [1.807, 2.05) is 0 Å². The van der Waals surface area contributed by atoms with Crippen LogP contribution in [0.25, 0.3) is 11.1 Å². The molecule has 0 N–H and O–H groups in total. The molecule has 0 atom stereocenters. The van der Waals surface area contributed by atoms with Crippen LogP contribution in [-0.4, -0.2) is 16.3 Å². The second-order valence-electron chi connectivity index (χ2n) is 3.32. The van der Waals surface area contributed by atoms with Gasteiger partial charge in [0.15, 0.2) is 0 Å². The number of aromatic nitrogens is 2. The molecule has 0 unspecified atom stereocenters. The van der Waals surface area contributed by atoms with E-state index < -0.39 is 6.36 Å². The third-order valence-corrected chi connectivity index (χ3v) is 2.22. The van der Waals surface area contributed by atoms with E-state index in [1.165, 1.54) is 30.6 Å². The lowest BCUT2D eigenvalue weighted by Gasteiger charge is -2.09. The quantitative estimate of drug-likeness (QED) is 0.783. The second-order valence-corrected chi connectivity index (χ2v) is 3.65. The SMILES string of the molecule is FC(F)(F)Oc1cccc(-c2cnc(Cl)nc2)c1. The number of rotatable bonds is 2. The van der Waals surface area contributed by atoms with E-state index in [-0.39, 0.29) is 11.0 Å². The minimum absolute atomic E-state index is 0.0708. The molecule has 0 radical (unpaired) electrons. The molecule has 0 bridgehead atoms. The van der Waals surface area contributed by atoms with Gasteiger partial charge < -0.3 is 4.74 Å². The van der Waals surface area contributed by atoms with E-state index in [0.29, 0.717) is 11.1 Å². The van der Waals surface area contributed by atoms with Crippen molar-refractivity contribution in [3.05, 3.63) is 41.9 Å². The van der Waals surface area contributed by atoms with Crippen molar-refractivity contribution >= 4 is 11.6 Å². The molecule has 1 aromatic carbocycles. The van der Waals surface area contributed by atoms with Crippen molar-refractivity contribution in [1.82, 2.24) is 9.97 Å². The minimum Gasteiger partial charge on any atom is -0.406 e. The number of hydrogen-bond donors (Lipinski definition) is 0. The van der Waals surface area contributed by atoms with Crippen molar-refractivity contribution in [3.63, 3.8) is 0 Å². The van der Waals surface area contributed by atoms with Crippen LogP contribution in [-0.2, 0) is 0 Å². The monoisotopic (exact) mass is 274 g/mol. The number of hydrogen-bond acceptors (Lipinski definition) is 3. The molecule has 0 saturated carbocycles. The lowest BCUT2D eigenvalue weighted by atomic mass is 10.1. The lowest BCUT2D eigenvalue weighted by molar-refractivity contribution is -0.274. The molecule has 0 amide bonds. The Balaban J connectivity index is 2.29. The Bertz CT molecular complexity index is 543. The molecule has 1 aromatic heterocycles. The van der Waals surface area contributed by atoms with Gasteiger partial charge in [0, 0.05) is 18.0 Å². The number of ether oxygens (including phenoxy) is 1. The fourth-order valence-corrected chi connectivity index (χ4v) is 1.43. The van der Waals surface area contributed by atoms with E-state index in [1.54, 1.807) is 6.07 Å². The summed E-state index contributed by atoms with van der Waals surface area (Å²) in [5, 5.41) is 0.0708. The molecule has 0 aliphatic carbocycles. The average molecular weight is 275 g/mol. The first-order valence-electron chi connectivity index (χ1n) is 4.78. The van der Waals surface area contributed by atoms with Gasteiger partial charge in [-0.25, -0.2) is 9.97 Å². The first kappa shape index (κ1) is 12.6. The fourth-order valence-electron chi connectivity index (χ4n) is 1.33. The van der Waals surface area contributed by atoms with Gasteiger partial charge in [0.05, 0.1) is 0 Å². The molecule has 2 aromatic rings. The normalized spacial score (nSPS) is 11.3. The lowest BCUT2D eigenvalue weighted by Crippen LogP contribution is -2.17. The maximum Gasteiger partial charge on any atom is 0.573 e. The summed E-state index contributed by atoms with van der Waals surface area (Å²) in [6, 6.07) is 5.54. The molecule has 1 heterocycles. The van der Waals surface area contributed by atoms with Crippen LogP contribution in [0.4, 0.5) is 13.2 Å². The molecule has 0 saturated heterocycles. The van der Waals surface area contributed by atoms with Crippen molar-refractivity contribution in [3.8, 4) is 16.9 Å². The van der Waals surface area contributed by atoms with Gasteiger partial charge >= 0.3 is 6.36 Å². The zero-order valence-electron chi connectivity index (χ0n) is 8.78. The molecular formula is C11H6ClF3N2O. The molecule has 0 fully saturated rings. The van der Waals surface area contributed by atoms with Crippen molar-refractivity contribution in [2.45, 2.75) is 6.36 Å². The van der Waals surface area contributed by atoms with Crippen molar-refractivity contribution < 1.29 is 17.9 Å². The predicted molar refractivity (Wildman–Crippen MR) is 59.2 cm³/mol. The molecule has 7 heteroatoms. The number of benzene rings is 1. The Kier molecular flexibility index (Phi) is 3.38. The fraction of sp³-hybridized carbons (Fsp3) is 0.0909. The van der Waals surface area contributed by atoms with Crippen LogP contribution < -0.4 is 4.74 Å². The van der Waals surface area contributed by atoms with E-state index in [9.17, 15) is 13.2 Å². The Morgan fingerprint density at radius 3 is 2.33 bits per heavy atom. The van der Waals surface area contributed by atoms with Crippen LogP contribution in [0.1, 0.15) is 0 Å². The van der Waals surface area contributed by atoms with Gasteiger partial charge in [-0.15, -0.1) is 13.2 Å². The van der Waals surface area contributed by atoms with Gasteiger partial charge in [0.1, 0.15) is 5.75 Å². The third kappa shape index (κ3) is 3.33. The summed E-state index contributed by atoms with van der Waals surface area (Å²) in [6.45, 7) is 0. The molecule has 94 valence electrons. The van der Waals surface area contributed by atoms with Gasteiger partial charge in [-0.05, 0) is 29.3 Å². The van der Waals surface area contributed by atoms with Crippen LogP contribution in [0.5, 0.6) is 5.75 Å². The predicted octanol–water partition coefficient (Wildman–Crippen LogP) is 3.70. The summed E-state index contributed by atoms with van der Waals surface area (Å²) >= 11 is 5.52. The van der Waals surface area contributed by atoms with Crippen LogP contribution in [0.3, 0.4) is 0 Å². The Hall–Kier alpha value is -1.82. The average Bonchev–Trinajstić information content (AvgIpc) is 2.28. The van der Waals surface area contributed by atoms with Gasteiger partial charge in [0.25, 0.3) is 0 Å². The highest BCUT2D eigenvalue weighted by molar-refractivity contribution is 6.28. The molecule has 0 spiro atoms. The molecular weight excluding hydrogens is 269 g/mol. The maximum atomic E-state index is 12.1. The Morgan fingerprint density at radius 2 is 1.72 bits per heavy atom. The summed E-state index contributed by atoms with van der Waals surface area (Å²) < 4.78 is 40.0. The Labute approximate surface area is 105 Å². The van der Waals surface area contributed by atoms with Crippen molar-refractivity contribution in [1.29, 1.82) is 0 Å². The standard InChI is InChI=1S/C11H6ClF3N2O/c12-10-16-5-8(6-17-10)7-2-1-3-9(4-7)18-11(13,14)15/h1-6H. The summed E-state index contributed by atoms with van der Waals surface area (Å²) in [6.07, 6.45) is -1.88. The van der Waals surface area contributed by atoms with E-state index in [0.717, 1.165) is 0 Å². The van der Waals surface area contributed by atoms with Crippen LogP contribution in [0.15, 0.2) is 36.7 Å². The van der Waals surface area contributed by atoms with Gasteiger partial charge in [0.2, 0.25) is 5.28 Å². The van der Waals surface area contributed by atoms with Gasteiger partial charge in [-0.1, -0.05) is 12.1 Å². The highest BCUT2D eigenvalue weighted by Gasteiger charge is 2.31. The minimum atomic E-state index is -4.71. The van der Waals surface area contributed by atoms with Gasteiger partial charge in [-0.2, -0.15) is 0 Å². The molecule has 3 nitrogen and oxygen atoms in total. The summed E-state index contributed by atoms with van der Waals surface area (Å²) in [4.78, 5) is 7.50. The van der Waals surface area contributed by atoms with E-state index >= 15 is 0 Å². The largest absolute Gasteiger partial charge is 0.573 e. The highest BCUT2D eigenvalue weighted by Crippen LogP contribution is 2.27. The molecule has 0 aliphatic heterocycles. The van der Waals surface area contributed by atoms with Crippen LogP contribution >= 0.6 is 11.6 Å². The Morgan fingerprint density at radius 1 is 1.06 bits per heavy atom. The maximum absolute atomic E-state index is 12.1. The summed E-state index contributed by atoms with van der Waals surface area (Å²) in [7, 11) is 0. The smallest absolute Gasteiger partial charge is 0.406 e. The van der Waals surface area contributed by atoms with E-state index in [2.05, 4.69) is 14.7 Å². The highest BCUT2D eigenvalue weighted by atomic mass is 35.5. The molecule has 2 rings (SSSR count). The first-order chi connectivity index (χ1) is 8.44. The van der Waals surface area contributed by atoms with Crippen molar-refractivity contribution in [2.24, 2.45) is 0 Å². The zero-order chi connectivity index (χ0) is 13.2. The van der Waals surface area contributed by atoms with Crippen molar-refractivity contribution in [2.75, 3.05) is 0 Å². The molecule has 0 aliphatic rings. The molecule has 18 heavy (non-hydrogen) atoms. The summed E-state index contributed by atoms with van der Waals surface area (Å²) in [5.74, 6) is -0.296. The topological polar surface area (TPSA) is 35.0 Å². The number of alkyl halides is 3. The summed E-state index contributed by atoms with van der Waals surface area (Å²) in [5.41, 5.74) is 1.06. The first-order valence-corrected chi connectivity index (χ1v) is 5.15.